The lowest BCUT2D eigenvalue weighted by Crippen LogP contribution is -2.24. The molecule has 2 N–H and O–H groups in total. The molecular weight excluding hydrogens is 385 g/mol. The predicted molar refractivity (Wildman–Crippen MR) is 102 cm³/mol. The molecule has 0 heterocycles. The Hall–Kier alpha value is -1.17. The Labute approximate surface area is 162 Å². The molecule has 0 amide bonds. The maximum absolute atomic E-state index is 9.30. The van der Waals surface area contributed by atoms with Crippen molar-refractivity contribution in [3.8, 4) is 11.5 Å². The summed E-state index contributed by atoms with van der Waals surface area (Å²) in [5, 5.41) is 14.1. The SMILES string of the molecule is COc1cc(CNCC(C)O)c(Cl)cc1OCc1ccc(Cl)cc1Cl. The maximum Gasteiger partial charge on any atom is 0.163 e. The minimum Gasteiger partial charge on any atom is -0.493 e. The van der Waals surface area contributed by atoms with E-state index >= 15 is 0 Å². The number of nitrogens with one attached hydrogen (secondary N) is 1. The van der Waals surface area contributed by atoms with E-state index < -0.39 is 6.10 Å². The minimum absolute atomic E-state index is 0.266. The normalized spacial score (nSPS) is 12.1. The summed E-state index contributed by atoms with van der Waals surface area (Å²) in [7, 11) is 1.57. The van der Waals surface area contributed by atoms with Crippen LogP contribution in [-0.4, -0.2) is 24.9 Å². The predicted octanol–water partition coefficient (Wildman–Crippen LogP) is 4.70. The number of rotatable bonds is 8. The number of hydrogen-bond donors (Lipinski definition) is 2. The Kier molecular flexibility index (Phi) is 7.66. The van der Waals surface area contributed by atoms with E-state index in [9.17, 15) is 5.11 Å². The lowest BCUT2D eigenvalue weighted by Gasteiger charge is -2.15. The summed E-state index contributed by atoms with van der Waals surface area (Å²) in [4.78, 5) is 0. The zero-order chi connectivity index (χ0) is 18.4. The largest absolute Gasteiger partial charge is 0.493 e. The van der Waals surface area contributed by atoms with Crippen LogP contribution in [0.5, 0.6) is 11.5 Å². The highest BCUT2D eigenvalue weighted by Gasteiger charge is 2.12. The average Bonchev–Trinajstić information content (AvgIpc) is 2.55. The van der Waals surface area contributed by atoms with E-state index in [0.717, 1.165) is 11.1 Å². The molecule has 0 aliphatic rings. The van der Waals surface area contributed by atoms with Crippen molar-refractivity contribution in [3.05, 3.63) is 56.5 Å². The third-order valence-electron chi connectivity index (χ3n) is 3.49. The van der Waals surface area contributed by atoms with Gasteiger partial charge in [-0.05, 0) is 30.7 Å². The number of aliphatic hydroxyl groups excluding tert-OH is 1. The van der Waals surface area contributed by atoms with Crippen LogP contribution in [0.25, 0.3) is 0 Å². The molecule has 136 valence electrons. The highest BCUT2D eigenvalue weighted by atomic mass is 35.5. The smallest absolute Gasteiger partial charge is 0.163 e. The number of aliphatic hydroxyl groups is 1. The van der Waals surface area contributed by atoms with Crippen molar-refractivity contribution in [2.45, 2.75) is 26.2 Å². The van der Waals surface area contributed by atoms with Gasteiger partial charge < -0.3 is 19.9 Å². The van der Waals surface area contributed by atoms with Crippen molar-refractivity contribution >= 4 is 34.8 Å². The lowest BCUT2D eigenvalue weighted by atomic mass is 10.2. The summed E-state index contributed by atoms with van der Waals surface area (Å²) in [6.07, 6.45) is -0.424. The van der Waals surface area contributed by atoms with E-state index in [-0.39, 0.29) is 6.61 Å². The van der Waals surface area contributed by atoms with Gasteiger partial charge in [0.15, 0.2) is 11.5 Å². The van der Waals surface area contributed by atoms with Gasteiger partial charge in [-0.15, -0.1) is 0 Å². The minimum atomic E-state index is -0.424. The Morgan fingerprint density at radius 1 is 1.04 bits per heavy atom. The average molecular weight is 405 g/mol. The van der Waals surface area contributed by atoms with Gasteiger partial charge in [0, 0.05) is 39.8 Å². The summed E-state index contributed by atoms with van der Waals surface area (Å²) in [6, 6.07) is 8.77. The lowest BCUT2D eigenvalue weighted by molar-refractivity contribution is 0.191. The van der Waals surface area contributed by atoms with Gasteiger partial charge in [0.25, 0.3) is 0 Å². The van der Waals surface area contributed by atoms with E-state index in [2.05, 4.69) is 5.32 Å². The molecule has 2 rings (SSSR count). The fraction of sp³-hybridized carbons (Fsp3) is 0.333. The summed E-state index contributed by atoms with van der Waals surface area (Å²) in [6.45, 7) is 2.98. The van der Waals surface area contributed by atoms with Crippen molar-refractivity contribution < 1.29 is 14.6 Å². The molecule has 2 aromatic carbocycles. The van der Waals surface area contributed by atoms with Crippen LogP contribution in [0.2, 0.25) is 15.1 Å². The fourth-order valence-corrected chi connectivity index (χ4v) is 2.88. The Morgan fingerprint density at radius 2 is 1.76 bits per heavy atom. The first kappa shape index (κ1) is 20.1. The quantitative estimate of drug-likeness (QED) is 0.669. The summed E-state index contributed by atoms with van der Waals surface area (Å²) >= 11 is 18.4. The molecule has 0 fully saturated rings. The fourth-order valence-electron chi connectivity index (χ4n) is 2.19. The van der Waals surface area contributed by atoms with E-state index in [0.29, 0.717) is 39.7 Å². The van der Waals surface area contributed by atoms with Crippen molar-refractivity contribution in [3.63, 3.8) is 0 Å². The van der Waals surface area contributed by atoms with Crippen LogP contribution in [0.15, 0.2) is 30.3 Å². The van der Waals surface area contributed by atoms with Gasteiger partial charge in [0.05, 0.1) is 13.2 Å². The molecule has 7 heteroatoms. The van der Waals surface area contributed by atoms with E-state index in [1.807, 2.05) is 12.1 Å². The van der Waals surface area contributed by atoms with Crippen LogP contribution in [0, 0.1) is 0 Å². The molecule has 0 aromatic heterocycles. The van der Waals surface area contributed by atoms with Crippen LogP contribution in [0.4, 0.5) is 0 Å². The number of ether oxygens (including phenoxy) is 2. The highest BCUT2D eigenvalue weighted by molar-refractivity contribution is 6.35. The number of methoxy groups -OCH3 is 1. The van der Waals surface area contributed by atoms with Gasteiger partial charge >= 0.3 is 0 Å². The van der Waals surface area contributed by atoms with Gasteiger partial charge in [0.1, 0.15) is 6.61 Å². The monoisotopic (exact) mass is 403 g/mol. The van der Waals surface area contributed by atoms with Crippen LogP contribution >= 0.6 is 34.8 Å². The first-order valence-electron chi connectivity index (χ1n) is 7.72. The van der Waals surface area contributed by atoms with E-state index in [4.69, 9.17) is 44.3 Å². The van der Waals surface area contributed by atoms with Crippen molar-refractivity contribution in [1.82, 2.24) is 5.32 Å². The topological polar surface area (TPSA) is 50.7 Å². The Bertz CT molecular complexity index is 723. The van der Waals surface area contributed by atoms with Gasteiger partial charge in [-0.2, -0.15) is 0 Å². The zero-order valence-electron chi connectivity index (χ0n) is 14.0. The van der Waals surface area contributed by atoms with Crippen LogP contribution < -0.4 is 14.8 Å². The maximum atomic E-state index is 9.30. The molecular formula is C18H20Cl3NO3. The molecule has 0 radical (unpaired) electrons. The second-order valence-corrected chi connectivity index (χ2v) is 6.85. The number of benzene rings is 2. The van der Waals surface area contributed by atoms with Crippen LogP contribution in [0.1, 0.15) is 18.1 Å². The van der Waals surface area contributed by atoms with Gasteiger partial charge in [-0.25, -0.2) is 0 Å². The van der Waals surface area contributed by atoms with E-state index in [1.54, 1.807) is 32.2 Å². The third-order valence-corrected chi connectivity index (χ3v) is 4.42. The molecule has 1 unspecified atom stereocenters. The standard InChI is InChI=1S/C18H20Cl3NO3/c1-11(23)8-22-9-13-5-17(24-2)18(7-16(13)21)25-10-12-3-4-14(19)6-15(12)20/h3-7,11,22-23H,8-10H2,1-2H3. The van der Waals surface area contributed by atoms with Crippen molar-refractivity contribution in [2.24, 2.45) is 0 Å². The van der Waals surface area contributed by atoms with Gasteiger partial charge in [-0.3, -0.25) is 0 Å². The van der Waals surface area contributed by atoms with Crippen LogP contribution in [0.3, 0.4) is 0 Å². The first-order chi connectivity index (χ1) is 11.9. The van der Waals surface area contributed by atoms with Crippen molar-refractivity contribution in [1.29, 1.82) is 0 Å². The summed E-state index contributed by atoms with van der Waals surface area (Å²) in [5.41, 5.74) is 1.67. The van der Waals surface area contributed by atoms with Gasteiger partial charge in [0.2, 0.25) is 0 Å². The first-order valence-corrected chi connectivity index (χ1v) is 8.86. The number of hydrogen-bond acceptors (Lipinski definition) is 4. The highest BCUT2D eigenvalue weighted by Crippen LogP contribution is 2.34. The molecule has 4 nitrogen and oxygen atoms in total. The molecule has 0 spiro atoms. The van der Waals surface area contributed by atoms with Crippen molar-refractivity contribution in [2.75, 3.05) is 13.7 Å². The summed E-state index contributed by atoms with van der Waals surface area (Å²) in [5.74, 6) is 1.10. The third kappa shape index (κ3) is 5.94. The molecule has 25 heavy (non-hydrogen) atoms. The zero-order valence-corrected chi connectivity index (χ0v) is 16.3. The molecule has 0 saturated carbocycles. The van der Waals surface area contributed by atoms with Crippen LogP contribution in [-0.2, 0) is 13.2 Å². The molecule has 0 aliphatic carbocycles. The Balaban J connectivity index is 2.10. The molecule has 2 aromatic rings. The van der Waals surface area contributed by atoms with E-state index in [1.165, 1.54) is 0 Å². The second-order valence-electron chi connectivity index (χ2n) is 5.60. The summed E-state index contributed by atoms with van der Waals surface area (Å²) < 4.78 is 11.2. The second kappa shape index (κ2) is 9.51. The van der Waals surface area contributed by atoms with Gasteiger partial charge in [-0.1, -0.05) is 40.9 Å². The molecule has 0 aliphatic heterocycles. The molecule has 0 saturated heterocycles. The molecule has 0 bridgehead atoms. The Morgan fingerprint density at radius 3 is 2.40 bits per heavy atom. The molecule has 1 atom stereocenters. The number of halogens is 3.